The number of rotatable bonds is 6. The van der Waals surface area contributed by atoms with Gasteiger partial charge in [-0.25, -0.2) is 0 Å². The van der Waals surface area contributed by atoms with Crippen LogP contribution >= 0.6 is 0 Å². The molecule has 142 valence electrons. The third-order valence-corrected chi connectivity index (χ3v) is 5.13. The van der Waals surface area contributed by atoms with Crippen LogP contribution in [-0.4, -0.2) is 20.3 Å². The second-order valence-electron chi connectivity index (χ2n) is 6.85. The summed E-state index contributed by atoms with van der Waals surface area (Å²) in [6.45, 7) is 3.05. The summed E-state index contributed by atoms with van der Waals surface area (Å²) in [5.41, 5.74) is 2.51. The fraction of sp³-hybridized carbons (Fsp3) is 0.524. The van der Waals surface area contributed by atoms with Crippen molar-refractivity contribution < 1.29 is 23.0 Å². The normalized spacial score (nSPS) is 24.0. The van der Waals surface area contributed by atoms with Crippen LogP contribution in [0.4, 0.5) is 8.78 Å². The first-order valence-corrected chi connectivity index (χ1v) is 9.27. The zero-order valence-corrected chi connectivity index (χ0v) is 15.4. The minimum Gasteiger partial charge on any atom is -0.498 e. The minimum atomic E-state index is -0.941. The van der Waals surface area contributed by atoms with Gasteiger partial charge in [0.05, 0.1) is 26.4 Å². The van der Waals surface area contributed by atoms with E-state index in [1.807, 2.05) is 0 Å². The molecule has 0 radical (unpaired) electrons. The number of allylic oxidation sites excluding steroid dienone is 4. The summed E-state index contributed by atoms with van der Waals surface area (Å²) in [4.78, 5) is 0. The minimum absolute atomic E-state index is 0.0489. The molecule has 0 saturated carbocycles. The van der Waals surface area contributed by atoms with E-state index in [0.717, 1.165) is 19.3 Å². The van der Waals surface area contributed by atoms with Gasteiger partial charge < -0.3 is 14.2 Å². The summed E-state index contributed by atoms with van der Waals surface area (Å²) in [5, 5.41) is 0. The number of hydrogen-bond acceptors (Lipinski definition) is 3. The monoisotopic (exact) mass is 364 g/mol. The van der Waals surface area contributed by atoms with Gasteiger partial charge in [-0.15, -0.1) is 0 Å². The maximum Gasteiger partial charge on any atom is 0.199 e. The Balaban J connectivity index is 1.50. The second-order valence-corrected chi connectivity index (χ2v) is 6.85. The van der Waals surface area contributed by atoms with Crippen LogP contribution in [0.2, 0.25) is 0 Å². The molecule has 0 bridgehead atoms. The quantitative estimate of drug-likeness (QED) is 0.664. The van der Waals surface area contributed by atoms with E-state index in [9.17, 15) is 8.78 Å². The van der Waals surface area contributed by atoms with E-state index in [1.54, 1.807) is 0 Å². The number of ether oxygens (including phenoxy) is 3. The van der Waals surface area contributed by atoms with Crippen LogP contribution in [0, 0.1) is 5.92 Å². The van der Waals surface area contributed by atoms with Gasteiger partial charge in [0, 0.05) is 18.8 Å². The van der Waals surface area contributed by atoms with E-state index < -0.39 is 11.7 Å². The third kappa shape index (κ3) is 4.26. The highest BCUT2D eigenvalue weighted by molar-refractivity contribution is 5.29. The van der Waals surface area contributed by atoms with Crippen LogP contribution in [0.15, 0.2) is 47.4 Å². The average molecular weight is 364 g/mol. The van der Waals surface area contributed by atoms with Crippen molar-refractivity contribution in [3.05, 3.63) is 58.6 Å². The van der Waals surface area contributed by atoms with Crippen molar-refractivity contribution in [2.75, 3.05) is 20.3 Å². The summed E-state index contributed by atoms with van der Waals surface area (Å²) in [7, 11) is 1.35. The maximum atomic E-state index is 14.0. The topological polar surface area (TPSA) is 27.7 Å². The number of aryl methyl sites for hydroxylation is 1. The van der Waals surface area contributed by atoms with Gasteiger partial charge in [-0.2, -0.15) is 8.78 Å². The Morgan fingerprint density at radius 2 is 1.73 bits per heavy atom. The first kappa shape index (κ1) is 18.9. The molecule has 0 N–H and O–H groups in total. The Bertz CT molecular complexity index is 671. The van der Waals surface area contributed by atoms with E-state index in [0.29, 0.717) is 26.1 Å². The van der Waals surface area contributed by atoms with Gasteiger partial charge in [0.25, 0.3) is 0 Å². The van der Waals surface area contributed by atoms with Gasteiger partial charge >= 0.3 is 0 Å². The number of benzene rings is 1. The fourth-order valence-corrected chi connectivity index (χ4v) is 3.41. The molecule has 0 aromatic heterocycles. The molecule has 0 spiro atoms. The molecule has 1 aromatic rings. The lowest BCUT2D eigenvalue weighted by Gasteiger charge is -2.30. The van der Waals surface area contributed by atoms with Crippen LogP contribution in [0.25, 0.3) is 0 Å². The SMILES string of the molecule is CCc1ccc(C2CCC(COC3=C(F)C(F)=C(OC)CC3)CO2)cc1. The van der Waals surface area contributed by atoms with Crippen molar-refractivity contribution in [1.29, 1.82) is 0 Å². The van der Waals surface area contributed by atoms with Crippen molar-refractivity contribution in [2.24, 2.45) is 5.92 Å². The lowest BCUT2D eigenvalue weighted by Crippen LogP contribution is -2.24. The molecule has 3 rings (SSSR count). The summed E-state index contributed by atoms with van der Waals surface area (Å²) in [5.74, 6) is -1.55. The van der Waals surface area contributed by atoms with E-state index >= 15 is 0 Å². The Hall–Kier alpha value is -1.88. The molecule has 1 aromatic carbocycles. The zero-order chi connectivity index (χ0) is 18.5. The maximum absolute atomic E-state index is 14.0. The predicted molar refractivity (Wildman–Crippen MR) is 95.7 cm³/mol. The number of hydrogen-bond donors (Lipinski definition) is 0. The molecule has 1 fully saturated rings. The van der Waals surface area contributed by atoms with Crippen LogP contribution in [0.5, 0.6) is 0 Å². The number of methoxy groups -OCH3 is 1. The lowest BCUT2D eigenvalue weighted by molar-refractivity contribution is -0.0368. The summed E-state index contributed by atoms with van der Waals surface area (Å²) in [6, 6.07) is 8.54. The smallest absolute Gasteiger partial charge is 0.199 e. The molecule has 5 heteroatoms. The van der Waals surface area contributed by atoms with Gasteiger partial charge in [-0.05, 0) is 30.4 Å². The van der Waals surface area contributed by atoms with Crippen molar-refractivity contribution >= 4 is 0 Å². The summed E-state index contributed by atoms with van der Waals surface area (Å²) in [6.07, 6.45) is 3.62. The van der Waals surface area contributed by atoms with Crippen molar-refractivity contribution in [3.63, 3.8) is 0 Å². The Morgan fingerprint density at radius 1 is 1.04 bits per heavy atom. The van der Waals surface area contributed by atoms with Gasteiger partial charge in [-0.1, -0.05) is 31.2 Å². The first-order valence-electron chi connectivity index (χ1n) is 9.27. The molecule has 2 atom stereocenters. The molecular formula is C21H26F2O3. The highest BCUT2D eigenvalue weighted by Crippen LogP contribution is 2.35. The van der Waals surface area contributed by atoms with Gasteiger partial charge in [0.15, 0.2) is 11.7 Å². The van der Waals surface area contributed by atoms with Crippen molar-refractivity contribution in [3.8, 4) is 0 Å². The highest BCUT2D eigenvalue weighted by Gasteiger charge is 2.27. The fourth-order valence-electron chi connectivity index (χ4n) is 3.41. The van der Waals surface area contributed by atoms with Crippen molar-refractivity contribution in [1.82, 2.24) is 0 Å². The molecule has 2 aliphatic rings. The Morgan fingerprint density at radius 3 is 2.35 bits per heavy atom. The summed E-state index contributed by atoms with van der Waals surface area (Å²) >= 11 is 0. The van der Waals surface area contributed by atoms with Crippen LogP contribution in [0.3, 0.4) is 0 Å². The van der Waals surface area contributed by atoms with Crippen LogP contribution in [-0.2, 0) is 20.6 Å². The Labute approximate surface area is 153 Å². The molecule has 3 nitrogen and oxygen atoms in total. The molecule has 0 amide bonds. The third-order valence-electron chi connectivity index (χ3n) is 5.13. The van der Waals surface area contributed by atoms with Crippen LogP contribution < -0.4 is 0 Å². The molecule has 1 heterocycles. The molecule has 26 heavy (non-hydrogen) atoms. The average Bonchev–Trinajstić information content (AvgIpc) is 2.70. The molecule has 1 aliphatic heterocycles. The van der Waals surface area contributed by atoms with Crippen molar-refractivity contribution in [2.45, 2.75) is 45.1 Å². The molecule has 1 saturated heterocycles. The molecule has 1 aliphatic carbocycles. The molecular weight excluding hydrogens is 338 g/mol. The standard InChI is InChI=1S/C21H26F2O3/c1-3-14-4-7-16(8-5-14)17-9-6-15(12-25-17)13-26-19-11-10-18(24-2)20(22)21(19)23/h4-5,7-8,15,17H,3,6,9-13H2,1-2H3. The predicted octanol–water partition coefficient (Wildman–Crippen LogP) is 5.54. The van der Waals surface area contributed by atoms with E-state index in [1.165, 1.54) is 18.2 Å². The second kappa shape index (κ2) is 8.67. The largest absolute Gasteiger partial charge is 0.498 e. The van der Waals surface area contributed by atoms with Crippen LogP contribution in [0.1, 0.15) is 49.8 Å². The first-order chi connectivity index (χ1) is 12.6. The van der Waals surface area contributed by atoms with Gasteiger partial charge in [-0.3, -0.25) is 0 Å². The zero-order valence-electron chi connectivity index (χ0n) is 15.4. The van der Waals surface area contributed by atoms with E-state index in [4.69, 9.17) is 14.2 Å². The van der Waals surface area contributed by atoms with Gasteiger partial charge in [0.2, 0.25) is 0 Å². The van der Waals surface area contributed by atoms with E-state index in [2.05, 4.69) is 31.2 Å². The highest BCUT2D eigenvalue weighted by atomic mass is 19.2. The number of halogens is 2. The van der Waals surface area contributed by atoms with Gasteiger partial charge in [0.1, 0.15) is 11.5 Å². The summed E-state index contributed by atoms with van der Waals surface area (Å²) < 4.78 is 44.1. The Kier molecular flexibility index (Phi) is 6.30. The lowest BCUT2D eigenvalue weighted by atomic mass is 9.94. The van der Waals surface area contributed by atoms with E-state index in [-0.39, 0.29) is 23.5 Å². The molecule has 2 unspecified atom stereocenters.